The summed E-state index contributed by atoms with van der Waals surface area (Å²) in [5.41, 5.74) is -0.0355. The summed E-state index contributed by atoms with van der Waals surface area (Å²) < 4.78 is 18.9. The first-order valence-corrected chi connectivity index (χ1v) is 5.71. The van der Waals surface area contributed by atoms with Gasteiger partial charge in [0.05, 0.1) is 23.2 Å². The van der Waals surface area contributed by atoms with Crippen LogP contribution in [0, 0.1) is 15.9 Å². The van der Waals surface area contributed by atoms with Crippen molar-refractivity contribution in [3.63, 3.8) is 0 Å². The van der Waals surface area contributed by atoms with Crippen LogP contribution in [0.25, 0.3) is 0 Å². The third-order valence-electron chi connectivity index (χ3n) is 2.87. The SMILES string of the molecule is CC1(C)CN(c2cc(F)cc([N+](=O)[O-])c2)CCO1. The number of ether oxygens (including phenoxy) is 1. The number of nitro groups is 1. The number of rotatable bonds is 2. The van der Waals surface area contributed by atoms with Gasteiger partial charge in [-0.25, -0.2) is 4.39 Å². The Hall–Kier alpha value is -1.69. The van der Waals surface area contributed by atoms with Crippen molar-refractivity contribution in [2.75, 3.05) is 24.6 Å². The highest BCUT2D eigenvalue weighted by Gasteiger charge is 2.28. The van der Waals surface area contributed by atoms with Gasteiger partial charge in [0.25, 0.3) is 5.69 Å². The first-order valence-electron chi connectivity index (χ1n) is 5.71. The molecular formula is C12H15FN2O3. The molecule has 6 heteroatoms. The van der Waals surface area contributed by atoms with Gasteiger partial charge >= 0.3 is 0 Å². The van der Waals surface area contributed by atoms with Gasteiger partial charge in [-0.3, -0.25) is 10.1 Å². The van der Waals surface area contributed by atoms with Crippen LogP contribution in [0.1, 0.15) is 13.8 Å². The van der Waals surface area contributed by atoms with Crippen LogP contribution < -0.4 is 4.90 Å². The van der Waals surface area contributed by atoms with E-state index in [1.54, 1.807) is 0 Å². The monoisotopic (exact) mass is 254 g/mol. The summed E-state index contributed by atoms with van der Waals surface area (Å²) in [7, 11) is 0. The normalized spacial score (nSPS) is 18.7. The molecule has 0 bridgehead atoms. The number of nitrogens with zero attached hydrogens (tertiary/aromatic N) is 2. The second kappa shape index (κ2) is 4.53. The third-order valence-corrected chi connectivity index (χ3v) is 2.87. The summed E-state index contributed by atoms with van der Waals surface area (Å²) in [6.07, 6.45) is 0. The summed E-state index contributed by atoms with van der Waals surface area (Å²) in [5.74, 6) is -0.594. The van der Waals surface area contributed by atoms with E-state index < -0.39 is 10.7 Å². The van der Waals surface area contributed by atoms with Crippen molar-refractivity contribution < 1.29 is 14.1 Å². The van der Waals surface area contributed by atoms with Crippen molar-refractivity contribution >= 4 is 11.4 Å². The van der Waals surface area contributed by atoms with Gasteiger partial charge in [0, 0.05) is 24.8 Å². The van der Waals surface area contributed by atoms with Crippen LogP contribution in [0.5, 0.6) is 0 Å². The van der Waals surface area contributed by atoms with Crippen molar-refractivity contribution in [3.05, 3.63) is 34.1 Å². The molecule has 98 valence electrons. The topological polar surface area (TPSA) is 55.6 Å². The number of morpholine rings is 1. The summed E-state index contributed by atoms with van der Waals surface area (Å²) in [6, 6.07) is 3.63. The first kappa shape index (κ1) is 12.8. The maximum Gasteiger partial charge on any atom is 0.274 e. The Morgan fingerprint density at radius 2 is 2.17 bits per heavy atom. The molecule has 0 unspecified atom stereocenters. The van der Waals surface area contributed by atoms with Crippen LogP contribution in [0.15, 0.2) is 18.2 Å². The zero-order valence-electron chi connectivity index (χ0n) is 10.4. The number of hydrogen-bond acceptors (Lipinski definition) is 4. The van der Waals surface area contributed by atoms with Gasteiger partial charge in [-0.1, -0.05) is 0 Å². The highest BCUT2D eigenvalue weighted by Crippen LogP contribution is 2.27. The minimum Gasteiger partial charge on any atom is -0.372 e. The zero-order chi connectivity index (χ0) is 13.3. The summed E-state index contributed by atoms with van der Waals surface area (Å²) in [4.78, 5) is 12.0. The van der Waals surface area contributed by atoms with Gasteiger partial charge in [0.1, 0.15) is 5.82 Å². The van der Waals surface area contributed by atoms with Crippen LogP contribution in [0.3, 0.4) is 0 Å². The van der Waals surface area contributed by atoms with Gasteiger partial charge in [-0.2, -0.15) is 0 Å². The molecule has 1 saturated heterocycles. The molecule has 1 fully saturated rings. The Morgan fingerprint density at radius 1 is 1.44 bits per heavy atom. The average Bonchev–Trinajstić information content (AvgIpc) is 2.26. The van der Waals surface area contributed by atoms with Crippen molar-refractivity contribution in [2.24, 2.45) is 0 Å². The molecule has 0 saturated carbocycles. The molecule has 0 amide bonds. The van der Waals surface area contributed by atoms with E-state index in [9.17, 15) is 14.5 Å². The second-order valence-electron chi connectivity index (χ2n) is 4.95. The largest absolute Gasteiger partial charge is 0.372 e. The van der Waals surface area contributed by atoms with Crippen LogP contribution >= 0.6 is 0 Å². The summed E-state index contributed by atoms with van der Waals surface area (Å²) >= 11 is 0. The molecule has 0 spiro atoms. The molecule has 0 N–H and O–H groups in total. The molecule has 1 heterocycles. The van der Waals surface area contributed by atoms with Crippen LogP contribution in [0.4, 0.5) is 15.8 Å². The van der Waals surface area contributed by atoms with E-state index in [1.807, 2.05) is 18.7 Å². The summed E-state index contributed by atoms with van der Waals surface area (Å²) in [5, 5.41) is 10.7. The van der Waals surface area contributed by atoms with Crippen molar-refractivity contribution in [3.8, 4) is 0 Å². The number of benzene rings is 1. The number of nitro benzene ring substituents is 1. The standard InChI is InChI=1S/C12H15FN2O3/c1-12(2)8-14(3-4-18-12)10-5-9(13)6-11(7-10)15(16)17/h5-7H,3-4,8H2,1-2H3. The first-order chi connectivity index (χ1) is 8.37. The molecule has 2 rings (SSSR count). The van der Waals surface area contributed by atoms with E-state index in [-0.39, 0.29) is 11.3 Å². The van der Waals surface area contributed by atoms with Gasteiger partial charge in [-0.05, 0) is 19.9 Å². The average molecular weight is 254 g/mol. The van der Waals surface area contributed by atoms with E-state index in [0.29, 0.717) is 25.4 Å². The van der Waals surface area contributed by atoms with Crippen LogP contribution in [-0.2, 0) is 4.74 Å². The summed E-state index contributed by atoms with van der Waals surface area (Å²) in [6.45, 7) is 5.58. The Labute approximate surface area is 104 Å². The predicted octanol–water partition coefficient (Wildman–Crippen LogP) is 2.35. The lowest BCUT2D eigenvalue weighted by atomic mass is 10.1. The Balaban J connectivity index is 2.30. The molecule has 1 aliphatic heterocycles. The molecule has 1 aromatic rings. The van der Waals surface area contributed by atoms with Gasteiger partial charge in [0.15, 0.2) is 0 Å². The van der Waals surface area contributed by atoms with Crippen molar-refractivity contribution in [2.45, 2.75) is 19.4 Å². The fraction of sp³-hybridized carbons (Fsp3) is 0.500. The van der Waals surface area contributed by atoms with Crippen molar-refractivity contribution in [1.29, 1.82) is 0 Å². The second-order valence-corrected chi connectivity index (χ2v) is 4.95. The van der Waals surface area contributed by atoms with Gasteiger partial charge in [0.2, 0.25) is 0 Å². The van der Waals surface area contributed by atoms with Crippen LogP contribution in [0.2, 0.25) is 0 Å². The van der Waals surface area contributed by atoms with Crippen molar-refractivity contribution in [1.82, 2.24) is 0 Å². The van der Waals surface area contributed by atoms with E-state index >= 15 is 0 Å². The maximum atomic E-state index is 13.4. The minimum absolute atomic E-state index is 0.228. The molecule has 0 aromatic heterocycles. The fourth-order valence-electron chi connectivity index (χ4n) is 2.08. The highest BCUT2D eigenvalue weighted by molar-refractivity contribution is 5.54. The highest BCUT2D eigenvalue weighted by atomic mass is 19.1. The smallest absolute Gasteiger partial charge is 0.274 e. The lowest BCUT2D eigenvalue weighted by Gasteiger charge is -2.39. The van der Waals surface area contributed by atoms with E-state index in [4.69, 9.17) is 4.74 Å². The predicted molar refractivity (Wildman–Crippen MR) is 65.3 cm³/mol. The molecule has 18 heavy (non-hydrogen) atoms. The Bertz CT molecular complexity index is 476. The minimum atomic E-state index is -0.594. The molecule has 5 nitrogen and oxygen atoms in total. The lowest BCUT2D eigenvalue weighted by Crippen LogP contribution is -2.48. The number of hydrogen-bond donors (Lipinski definition) is 0. The Kier molecular flexibility index (Phi) is 3.21. The van der Waals surface area contributed by atoms with E-state index in [0.717, 1.165) is 6.07 Å². The van der Waals surface area contributed by atoms with E-state index in [1.165, 1.54) is 12.1 Å². The lowest BCUT2D eigenvalue weighted by molar-refractivity contribution is -0.385. The molecular weight excluding hydrogens is 239 g/mol. The van der Waals surface area contributed by atoms with E-state index in [2.05, 4.69) is 0 Å². The van der Waals surface area contributed by atoms with Gasteiger partial charge in [-0.15, -0.1) is 0 Å². The quantitative estimate of drug-likeness (QED) is 0.600. The maximum absolute atomic E-state index is 13.4. The number of non-ortho nitro benzene ring substituents is 1. The molecule has 0 radical (unpaired) electrons. The third kappa shape index (κ3) is 2.76. The molecule has 0 atom stereocenters. The molecule has 1 aromatic carbocycles. The Morgan fingerprint density at radius 3 is 2.78 bits per heavy atom. The van der Waals surface area contributed by atoms with Gasteiger partial charge < -0.3 is 9.64 Å². The number of anilines is 1. The zero-order valence-corrected chi connectivity index (χ0v) is 10.4. The molecule has 0 aliphatic carbocycles. The fourth-order valence-corrected chi connectivity index (χ4v) is 2.08. The molecule has 1 aliphatic rings. The van der Waals surface area contributed by atoms with Crippen LogP contribution in [-0.4, -0.2) is 30.2 Å². The number of halogens is 1.